The van der Waals surface area contributed by atoms with Crippen LogP contribution in [0.4, 0.5) is 4.79 Å². The van der Waals surface area contributed by atoms with Gasteiger partial charge in [-0.2, -0.15) is 0 Å². The highest BCUT2D eigenvalue weighted by Crippen LogP contribution is 2.39. The van der Waals surface area contributed by atoms with Gasteiger partial charge in [0.1, 0.15) is 0 Å². The number of rotatable bonds is 7. The van der Waals surface area contributed by atoms with E-state index in [-0.39, 0.29) is 22.9 Å². The van der Waals surface area contributed by atoms with E-state index in [1.165, 1.54) is 12.0 Å². The van der Waals surface area contributed by atoms with Gasteiger partial charge >= 0.3 is 5.97 Å². The Hall–Kier alpha value is -2.00. The Balaban J connectivity index is 2.33. The van der Waals surface area contributed by atoms with Gasteiger partial charge in [-0.1, -0.05) is 6.92 Å². The summed E-state index contributed by atoms with van der Waals surface area (Å²) in [6, 6.07) is 3.11. The number of carbonyl (C=O) groups is 3. The molecular formula is C17H18BrNO6S. The minimum atomic E-state index is -1.11. The van der Waals surface area contributed by atoms with Crippen molar-refractivity contribution in [3.63, 3.8) is 0 Å². The molecule has 2 rings (SSSR count). The van der Waals surface area contributed by atoms with E-state index < -0.39 is 12.6 Å². The number of nitrogens with zero attached hydrogens (tertiary/aromatic N) is 1. The summed E-state index contributed by atoms with van der Waals surface area (Å²) in [5, 5.41) is 8.46. The molecule has 1 aliphatic rings. The van der Waals surface area contributed by atoms with E-state index in [2.05, 4.69) is 15.9 Å². The zero-order valence-electron chi connectivity index (χ0n) is 14.4. The molecule has 1 fully saturated rings. The highest BCUT2D eigenvalue weighted by Gasteiger charge is 2.37. The van der Waals surface area contributed by atoms with Gasteiger partial charge in [0.2, 0.25) is 0 Å². The molecule has 2 amide bonds. The van der Waals surface area contributed by atoms with Gasteiger partial charge in [-0.15, -0.1) is 0 Å². The molecule has 140 valence electrons. The Morgan fingerprint density at radius 3 is 2.69 bits per heavy atom. The first-order valence-corrected chi connectivity index (χ1v) is 9.38. The lowest BCUT2D eigenvalue weighted by atomic mass is 10.1. The predicted octanol–water partition coefficient (Wildman–Crippen LogP) is 3.76. The molecular weight excluding hydrogens is 426 g/mol. The lowest BCUT2D eigenvalue weighted by Gasteiger charge is -2.19. The second-order valence-corrected chi connectivity index (χ2v) is 7.37. The maximum atomic E-state index is 12.5. The maximum absolute atomic E-state index is 12.5. The van der Waals surface area contributed by atoms with Gasteiger partial charge in [-0.05, 0) is 64.8 Å². The Kier molecular flexibility index (Phi) is 6.71. The van der Waals surface area contributed by atoms with Crippen molar-refractivity contribution in [3.05, 3.63) is 27.1 Å². The number of thioether (sulfide) groups is 1. The van der Waals surface area contributed by atoms with Crippen molar-refractivity contribution in [2.45, 2.75) is 26.3 Å². The van der Waals surface area contributed by atoms with Gasteiger partial charge in [0.05, 0.1) is 16.5 Å². The van der Waals surface area contributed by atoms with Crippen molar-refractivity contribution >= 4 is 50.9 Å². The highest BCUT2D eigenvalue weighted by molar-refractivity contribution is 9.10. The van der Waals surface area contributed by atoms with Crippen molar-refractivity contribution in [2.75, 3.05) is 13.7 Å². The number of benzene rings is 1. The molecule has 1 atom stereocenters. The lowest BCUT2D eigenvalue weighted by molar-refractivity contribution is -0.139. The van der Waals surface area contributed by atoms with E-state index in [0.717, 1.165) is 11.8 Å². The maximum Gasteiger partial charge on any atom is 0.341 e. The first kappa shape index (κ1) is 20.3. The molecule has 1 heterocycles. The molecule has 1 aliphatic heterocycles. The molecule has 0 aromatic heterocycles. The number of imide groups is 1. The number of aliphatic carboxylic acids is 1. The molecule has 26 heavy (non-hydrogen) atoms. The molecule has 0 saturated carbocycles. The monoisotopic (exact) mass is 443 g/mol. The van der Waals surface area contributed by atoms with Crippen LogP contribution in [-0.4, -0.2) is 46.9 Å². The van der Waals surface area contributed by atoms with E-state index in [9.17, 15) is 14.4 Å². The first-order valence-electron chi connectivity index (χ1n) is 7.77. The van der Waals surface area contributed by atoms with E-state index in [1.807, 2.05) is 13.8 Å². The average molecular weight is 444 g/mol. The standard InChI is InChI=1S/C17H18BrNO6S/c1-4-9(2)19-16(22)13(26-17(19)23)7-10-5-11(18)15(12(6-10)24-3)25-8-14(20)21/h5-7,9H,4,8H2,1-3H3,(H,20,21)/b13-7+/t9-/m0/s1. The molecule has 0 bridgehead atoms. The predicted molar refractivity (Wildman–Crippen MR) is 101 cm³/mol. The molecule has 0 unspecified atom stereocenters. The molecule has 0 aliphatic carbocycles. The first-order chi connectivity index (χ1) is 12.3. The average Bonchev–Trinajstić information content (AvgIpc) is 2.86. The summed E-state index contributed by atoms with van der Waals surface area (Å²) in [6.07, 6.45) is 2.28. The Morgan fingerprint density at radius 2 is 2.12 bits per heavy atom. The van der Waals surface area contributed by atoms with E-state index in [0.29, 0.717) is 27.1 Å². The summed E-state index contributed by atoms with van der Waals surface area (Å²) in [5.74, 6) is -0.870. The van der Waals surface area contributed by atoms with Crippen LogP contribution in [0.2, 0.25) is 0 Å². The molecule has 1 saturated heterocycles. The third-order valence-corrected chi connectivity index (χ3v) is 5.22. The van der Waals surface area contributed by atoms with Crippen LogP contribution in [0.1, 0.15) is 25.8 Å². The number of hydrogen-bond donors (Lipinski definition) is 1. The topological polar surface area (TPSA) is 93.1 Å². The van der Waals surface area contributed by atoms with Gasteiger partial charge < -0.3 is 14.6 Å². The van der Waals surface area contributed by atoms with E-state index in [4.69, 9.17) is 14.6 Å². The Morgan fingerprint density at radius 1 is 1.42 bits per heavy atom. The second kappa shape index (κ2) is 8.59. The van der Waals surface area contributed by atoms with Gasteiger partial charge in [0.25, 0.3) is 11.1 Å². The van der Waals surface area contributed by atoms with Crippen LogP contribution in [0.3, 0.4) is 0 Å². The SMILES string of the molecule is CC[C@H](C)N1C(=O)S/C(=C/c2cc(Br)c(OCC(=O)O)c(OC)c2)C1=O. The lowest BCUT2D eigenvalue weighted by Crippen LogP contribution is -2.36. The number of amides is 2. The number of carboxylic acids is 1. The van der Waals surface area contributed by atoms with Crippen LogP contribution >= 0.6 is 27.7 Å². The van der Waals surface area contributed by atoms with Crippen molar-refractivity contribution < 1.29 is 29.0 Å². The zero-order valence-corrected chi connectivity index (χ0v) is 16.8. The van der Waals surface area contributed by atoms with E-state index >= 15 is 0 Å². The molecule has 7 nitrogen and oxygen atoms in total. The summed E-state index contributed by atoms with van der Waals surface area (Å²) in [7, 11) is 1.43. The third kappa shape index (κ3) is 4.39. The minimum absolute atomic E-state index is 0.165. The fourth-order valence-electron chi connectivity index (χ4n) is 2.29. The number of carbonyl (C=O) groups excluding carboxylic acids is 2. The minimum Gasteiger partial charge on any atom is -0.493 e. The smallest absolute Gasteiger partial charge is 0.341 e. The van der Waals surface area contributed by atoms with Crippen LogP contribution in [0.5, 0.6) is 11.5 Å². The van der Waals surface area contributed by atoms with Crippen LogP contribution in [0, 0.1) is 0 Å². The number of methoxy groups -OCH3 is 1. The van der Waals surface area contributed by atoms with Crippen LogP contribution in [0.15, 0.2) is 21.5 Å². The summed E-state index contributed by atoms with van der Waals surface area (Å²) in [5.41, 5.74) is 0.617. The zero-order chi connectivity index (χ0) is 19.4. The van der Waals surface area contributed by atoms with Crippen molar-refractivity contribution in [1.29, 1.82) is 0 Å². The largest absolute Gasteiger partial charge is 0.493 e. The fraction of sp³-hybridized carbons (Fsp3) is 0.353. The number of carboxylic acid groups (broad SMARTS) is 1. The molecule has 1 N–H and O–H groups in total. The Labute approximate surface area is 163 Å². The molecule has 9 heteroatoms. The summed E-state index contributed by atoms with van der Waals surface area (Å²) < 4.78 is 10.9. The van der Waals surface area contributed by atoms with Crippen molar-refractivity contribution in [2.24, 2.45) is 0 Å². The third-order valence-electron chi connectivity index (χ3n) is 3.74. The van der Waals surface area contributed by atoms with Gasteiger partial charge in [0, 0.05) is 6.04 Å². The van der Waals surface area contributed by atoms with Gasteiger partial charge in [-0.3, -0.25) is 14.5 Å². The molecule has 1 aromatic carbocycles. The van der Waals surface area contributed by atoms with E-state index in [1.54, 1.807) is 18.2 Å². The normalized spacial score (nSPS) is 16.9. The molecule has 1 aromatic rings. The summed E-state index contributed by atoms with van der Waals surface area (Å²) >= 11 is 4.21. The fourth-order valence-corrected chi connectivity index (χ4v) is 3.80. The number of hydrogen-bond acceptors (Lipinski definition) is 6. The van der Waals surface area contributed by atoms with Crippen LogP contribution in [0.25, 0.3) is 6.08 Å². The van der Waals surface area contributed by atoms with Gasteiger partial charge in [0.15, 0.2) is 18.1 Å². The Bertz CT molecular complexity index is 779. The molecule has 0 radical (unpaired) electrons. The van der Waals surface area contributed by atoms with Crippen molar-refractivity contribution in [3.8, 4) is 11.5 Å². The molecule has 0 spiro atoms. The van der Waals surface area contributed by atoms with Gasteiger partial charge in [-0.25, -0.2) is 4.79 Å². The quantitative estimate of drug-likeness (QED) is 0.641. The number of halogens is 1. The van der Waals surface area contributed by atoms with Crippen LogP contribution < -0.4 is 9.47 Å². The highest BCUT2D eigenvalue weighted by atomic mass is 79.9. The van der Waals surface area contributed by atoms with Crippen LogP contribution in [-0.2, 0) is 9.59 Å². The number of ether oxygens (including phenoxy) is 2. The summed E-state index contributed by atoms with van der Waals surface area (Å²) in [6.45, 7) is 3.23. The summed E-state index contributed by atoms with van der Waals surface area (Å²) in [4.78, 5) is 36.9. The second-order valence-electron chi connectivity index (χ2n) is 5.53. The van der Waals surface area contributed by atoms with Crippen molar-refractivity contribution in [1.82, 2.24) is 4.90 Å².